The Balaban J connectivity index is 1.47. The van der Waals surface area contributed by atoms with Crippen molar-refractivity contribution in [3.8, 4) is 0 Å². The molecule has 5 nitrogen and oxygen atoms in total. The monoisotopic (exact) mass is 333 g/mol. The first kappa shape index (κ1) is 15.6. The summed E-state index contributed by atoms with van der Waals surface area (Å²) < 4.78 is 0. The van der Waals surface area contributed by atoms with E-state index in [2.05, 4.69) is 27.6 Å². The van der Waals surface area contributed by atoms with Crippen LogP contribution in [0.3, 0.4) is 0 Å². The Morgan fingerprint density at radius 1 is 1.20 bits per heavy atom. The molecule has 0 saturated heterocycles. The van der Waals surface area contributed by atoms with Gasteiger partial charge >= 0.3 is 0 Å². The number of H-pyrrole nitrogens is 1. The number of carbonyl (C=O) groups is 1. The topological polar surface area (TPSA) is 74.8 Å². The zero-order chi connectivity index (χ0) is 17.2. The number of fused-ring (bicyclic) bond motifs is 2. The highest BCUT2D eigenvalue weighted by atomic mass is 16.1. The zero-order valence-electron chi connectivity index (χ0n) is 13.8. The van der Waals surface area contributed by atoms with Gasteiger partial charge in [-0.3, -0.25) is 9.59 Å². The average Bonchev–Trinajstić information content (AvgIpc) is 2.61. The minimum Gasteiger partial charge on any atom is -0.353 e. The Labute approximate surface area is 145 Å². The van der Waals surface area contributed by atoms with Crippen molar-refractivity contribution >= 4 is 16.7 Å². The summed E-state index contributed by atoms with van der Waals surface area (Å²) in [6.07, 6.45) is 2.63. The van der Waals surface area contributed by atoms with Gasteiger partial charge in [-0.15, -0.1) is 0 Å². The molecule has 1 aromatic heterocycles. The first-order valence-corrected chi connectivity index (χ1v) is 8.52. The predicted molar refractivity (Wildman–Crippen MR) is 96.5 cm³/mol. The Morgan fingerprint density at radius 3 is 2.96 bits per heavy atom. The van der Waals surface area contributed by atoms with Crippen LogP contribution in [0.4, 0.5) is 0 Å². The Kier molecular flexibility index (Phi) is 4.06. The van der Waals surface area contributed by atoms with Crippen LogP contribution < -0.4 is 10.9 Å². The van der Waals surface area contributed by atoms with E-state index < -0.39 is 0 Å². The van der Waals surface area contributed by atoms with Gasteiger partial charge in [0.15, 0.2) is 0 Å². The molecule has 1 aliphatic carbocycles. The highest BCUT2D eigenvalue weighted by Crippen LogP contribution is 2.20. The number of nitrogens with zero attached hydrogens (tertiary/aromatic N) is 1. The third-order valence-corrected chi connectivity index (χ3v) is 4.77. The van der Waals surface area contributed by atoms with Crippen LogP contribution in [0.5, 0.6) is 0 Å². The van der Waals surface area contributed by atoms with Gasteiger partial charge in [0.25, 0.3) is 5.56 Å². The van der Waals surface area contributed by atoms with Crippen LogP contribution in [0.25, 0.3) is 10.8 Å². The number of hydrogen-bond acceptors (Lipinski definition) is 3. The quantitative estimate of drug-likeness (QED) is 0.771. The van der Waals surface area contributed by atoms with E-state index in [-0.39, 0.29) is 17.5 Å². The van der Waals surface area contributed by atoms with Gasteiger partial charge in [-0.1, -0.05) is 42.5 Å². The molecule has 126 valence electrons. The molecule has 4 rings (SSSR count). The van der Waals surface area contributed by atoms with Crippen molar-refractivity contribution in [2.45, 2.75) is 31.7 Å². The van der Waals surface area contributed by atoms with Gasteiger partial charge in [-0.25, -0.2) is 5.10 Å². The molecule has 0 aliphatic heterocycles. The lowest BCUT2D eigenvalue weighted by molar-refractivity contribution is -0.121. The lowest BCUT2D eigenvalue weighted by Gasteiger charge is -2.24. The molecule has 3 aromatic rings. The summed E-state index contributed by atoms with van der Waals surface area (Å²) in [7, 11) is 0. The first-order chi connectivity index (χ1) is 12.2. The number of amides is 1. The molecule has 0 unspecified atom stereocenters. The molecule has 2 aromatic carbocycles. The van der Waals surface area contributed by atoms with E-state index in [0.717, 1.165) is 40.4 Å². The maximum Gasteiger partial charge on any atom is 0.264 e. The Hall–Kier alpha value is -2.95. The van der Waals surface area contributed by atoms with E-state index in [1.54, 1.807) is 6.07 Å². The van der Waals surface area contributed by atoms with Crippen molar-refractivity contribution in [3.63, 3.8) is 0 Å². The Bertz CT molecular complexity index is 988. The van der Waals surface area contributed by atoms with E-state index in [4.69, 9.17) is 0 Å². The van der Waals surface area contributed by atoms with E-state index in [1.807, 2.05) is 30.3 Å². The molecule has 1 atom stereocenters. The molecule has 0 spiro atoms. The number of aromatic nitrogens is 2. The number of aromatic amines is 1. The van der Waals surface area contributed by atoms with Crippen LogP contribution in [0.1, 0.15) is 23.2 Å². The fraction of sp³-hybridized carbons (Fsp3) is 0.250. The second-order valence-corrected chi connectivity index (χ2v) is 6.53. The molecular weight excluding hydrogens is 314 g/mol. The number of hydrogen-bond donors (Lipinski definition) is 2. The van der Waals surface area contributed by atoms with Gasteiger partial charge in [-0.2, -0.15) is 5.10 Å². The molecule has 25 heavy (non-hydrogen) atoms. The van der Waals surface area contributed by atoms with Crippen molar-refractivity contribution in [1.29, 1.82) is 0 Å². The number of nitrogens with one attached hydrogen (secondary N) is 2. The van der Waals surface area contributed by atoms with Crippen LogP contribution in [0.15, 0.2) is 53.3 Å². The van der Waals surface area contributed by atoms with Gasteiger partial charge < -0.3 is 5.32 Å². The number of benzene rings is 2. The van der Waals surface area contributed by atoms with Crippen LogP contribution in [-0.2, 0) is 24.1 Å². The van der Waals surface area contributed by atoms with Gasteiger partial charge in [0.1, 0.15) is 0 Å². The summed E-state index contributed by atoms with van der Waals surface area (Å²) >= 11 is 0. The molecule has 5 heteroatoms. The fourth-order valence-corrected chi connectivity index (χ4v) is 3.56. The van der Waals surface area contributed by atoms with Gasteiger partial charge in [0, 0.05) is 12.1 Å². The normalized spacial score (nSPS) is 16.4. The van der Waals surface area contributed by atoms with E-state index in [9.17, 15) is 9.59 Å². The van der Waals surface area contributed by atoms with Crippen LogP contribution in [-0.4, -0.2) is 22.1 Å². The lowest BCUT2D eigenvalue weighted by Crippen LogP contribution is -2.40. The molecule has 0 saturated carbocycles. The maximum atomic E-state index is 12.5. The van der Waals surface area contributed by atoms with Crippen LogP contribution in [0.2, 0.25) is 0 Å². The van der Waals surface area contributed by atoms with Crippen LogP contribution >= 0.6 is 0 Å². The minimum atomic E-state index is -0.193. The molecular formula is C20H19N3O2. The highest BCUT2D eigenvalue weighted by molar-refractivity contribution is 5.90. The second-order valence-electron chi connectivity index (χ2n) is 6.53. The molecule has 0 radical (unpaired) electrons. The van der Waals surface area contributed by atoms with Crippen molar-refractivity contribution in [2.75, 3.05) is 0 Å². The molecule has 2 N–H and O–H groups in total. The molecule has 1 heterocycles. The van der Waals surface area contributed by atoms with Gasteiger partial charge in [0.2, 0.25) is 5.91 Å². The summed E-state index contributed by atoms with van der Waals surface area (Å²) in [6.45, 7) is 0. The largest absolute Gasteiger partial charge is 0.353 e. The zero-order valence-corrected chi connectivity index (χ0v) is 13.8. The fourth-order valence-electron chi connectivity index (χ4n) is 3.56. The van der Waals surface area contributed by atoms with Crippen molar-refractivity contribution in [3.05, 3.63) is 75.7 Å². The maximum absolute atomic E-state index is 12.5. The van der Waals surface area contributed by atoms with Crippen molar-refractivity contribution in [2.24, 2.45) is 0 Å². The molecule has 1 aliphatic rings. The first-order valence-electron chi connectivity index (χ1n) is 8.52. The summed E-state index contributed by atoms with van der Waals surface area (Å²) in [5.74, 6) is 0.0163. The molecule has 0 bridgehead atoms. The predicted octanol–water partition coefficient (Wildman–Crippen LogP) is 2.14. The number of carbonyl (C=O) groups excluding carboxylic acids is 1. The summed E-state index contributed by atoms with van der Waals surface area (Å²) in [6, 6.07) is 15.8. The molecule has 0 fully saturated rings. The number of aryl methyl sites for hydroxylation is 1. The van der Waals surface area contributed by atoms with Gasteiger partial charge in [0.05, 0.1) is 12.1 Å². The Morgan fingerprint density at radius 2 is 2.04 bits per heavy atom. The average molecular weight is 333 g/mol. The van der Waals surface area contributed by atoms with Gasteiger partial charge in [-0.05, 0) is 41.2 Å². The lowest BCUT2D eigenvalue weighted by atomic mass is 9.92. The van der Waals surface area contributed by atoms with E-state index in [0.29, 0.717) is 12.8 Å². The van der Waals surface area contributed by atoms with Crippen LogP contribution in [0, 0.1) is 0 Å². The smallest absolute Gasteiger partial charge is 0.264 e. The standard InChI is InChI=1S/C20H19N3O2/c24-19(11-14-6-3-5-13-4-1-2-7-17(13)14)21-16-8-9-18-15(10-16)12-20(25)23-22-18/h1-7,12,16H,8-11H2,(H,21,24)(H,23,25)/t16-/m0/s1. The third kappa shape index (κ3) is 3.31. The SMILES string of the molecule is O=C(Cc1cccc2ccccc12)N[C@H]1CCc2n[nH]c(=O)cc2C1. The minimum absolute atomic E-state index is 0.0163. The summed E-state index contributed by atoms with van der Waals surface area (Å²) in [4.78, 5) is 23.9. The number of rotatable bonds is 3. The third-order valence-electron chi connectivity index (χ3n) is 4.77. The van der Waals surface area contributed by atoms with Crippen molar-refractivity contribution < 1.29 is 4.79 Å². The van der Waals surface area contributed by atoms with Crippen molar-refractivity contribution in [1.82, 2.24) is 15.5 Å². The summed E-state index contributed by atoms with van der Waals surface area (Å²) in [5, 5.41) is 11.9. The van der Waals surface area contributed by atoms with E-state index in [1.165, 1.54) is 0 Å². The second kappa shape index (κ2) is 6.51. The highest BCUT2D eigenvalue weighted by Gasteiger charge is 2.21. The molecule has 1 amide bonds. The van der Waals surface area contributed by atoms with E-state index >= 15 is 0 Å². The summed E-state index contributed by atoms with van der Waals surface area (Å²) in [5.41, 5.74) is 2.70.